The first kappa shape index (κ1) is 54.7. The van der Waals surface area contributed by atoms with Crippen LogP contribution in [0.5, 0.6) is 0 Å². The number of aromatic carboxylic acids is 1. The van der Waals surface area contributed by atoms with Gasteiger partial charge in [0, 0.05) is 73.4 Å². The molecule has 5 atom stereocenters. The van der Waals surface area contributed by atoms with Crippen LogP contribution in [0.15, 0.2) is 103 Å². The second-order valence-corrected chi connectivity index (χ2v) is 20.4. The molecule has 0 radical (unpaired) electrons. The van der Waals surface area contributed by atoms with Gasteiger partial charge >= 0.3 is 5.97 Å². The van der Waals surface area contributed by atoms with Crippen LogP contribution < -0.4 is 27.0 Å². The van der Waals surface area contributed by atoms with Crippen LogP contribution >= 0.6 is 0 Å². The van der Waals surface area contributed by atoms with Crippen LogP contribution in [-0.2, 0) is 40.1 Å². The number of aromatic amines is 1. The Morgan fingerprint density at radius 3 is 2.25 bits per heavy atom. The molecular formula is C59H61N9O11. The summed E-state index contributed by atoms with van der Waals surface area (Å²) in [5.41, 5.74) is 9.51. The van der Waals surface area contributed by atoms with Crippen molar-refractivity contribution in [2.75, 3.05) is 13.1 Å². The normalized spacial score (nSPS) is 19.3. The predicted molar refractivity (Wildman–Crippen MR) is 287 cm³/mol. The lowest BCUT2D eigenvalue weighted by molar-refractivity contribution is -0.145. The van der Waals surface area contributed by atoms with Gasteiger partial charge in [-0.05, 0) is 98.0 Å². The lowest BCUT2D eigenvalue weighted by Gasteiger charge is -2.39. The van der Waals surface area contributed by atoms with Crippen molar-refractivity contribution in [3.8, 4) is 11.8 Å². The SMILES string of the molecule is NC(=O)CCC(NC(=O)[C@@H]1CC[C@@H]2CCN(C(=O)CCCCCC#Cc3cccc4c3CN(C3CCC(=O)NC3=O)C4=O)C[C@H](NC(=O)c3cc4cc(C(=O)O)ccc4[nH]3)C(=O)N21)C(=O)NC(c1ccccc1)c1ccccc1. The first-order valence-corrected chi connectivity index (χ1v) is 26.6. The number of hydrogen-bond donors (Lipinski definition) is 7. The van der Waals surface area contributed by atoms with Crippen molar-refractivity contribution < 1.29 is 53.1 Å². The third-order valence-corrected chi connectivity index (χ3v) is 15.1. The number of nitrogens with one attached hydrogen (secondary N) is 5. The average Bonchev–Trinajstić information content (AvgIpc) is 4.40. The number of nitrogens with two attached hydrogens (primary N) is 1. The van der Waals surface area contributed by atoms with Crippen molar-refractivity contribution in [1.82, 2.24) is 41.0 Å². The molecule has 9 rings (SSSR count). The quantitative estimate of drug-likeness (QED) is 0.0374. The van der Waals surface area contributed by atoms with Crippen molar-refractivity contribution in [3.05, 3.63) is 142 Å². The number of nitrogens with zero attached hydrogens (tertiary/aromatic N) is 3. The fourth-order valence-corrected chi connectivity index (χ4v) is 11.0. The van der Waals surface area contributed by atoms with Gasteiger partial charge in [-0.15, -0.1) is 0 Å². The molecule has 9 amide bonds. The van der Waals surface area contributed by atoms with E-state index >= 15 is 0 Å². The Labute approximate surface area is 455 Å². The number of carbonyl (C=O) groups excluding carboxylic acids is 9. The van der Waals surface area contributed by atoms with E-state index in [0.717, 1.165) is 16.7 Å². The molecular weight excluding hydrogens is 1010 g/mol. The molecule has 5 heterocycles. The molecule has 408 valence electrons. The monoisotopic (exact) mass is 1070 g/mol. The summed E-state index contributed by atoms with van der Waals surface area (Å²) in [7, 11) is 0. The van der Waals surface area contributed by atoms with E-state index in [1.165, 1.54) is 34.1 Å². The standard InChI is InChI=1S/C59H61N9O11/c60-49(69)27-24-44(53(72)65-52(36-14-7-4-8-15-36)37-16-9-5-10-17-37)62-56(75)48-25-22-40-29-30-66(34-46(58(77)68(40)48)63-54(73)45-32-39-31-38(59(78)79)21-23-43(39)61-45)51(71)20-11-3-1-2-6-13-35-18-12-19-41-42(35)33-67(57(41)76)47-26-28-50(70)64-55(47)74/h4-5,7-10,12,14-19,21,23,31-32,40,44,46-48,52,61H,1-3,11,20,22,24-30,33-34H2,(H2,60,69)(H,62,75)(H,63,73)(H,65,72)(H,78,79)(H,64,70,74)/t40-,44?,46+,47?,48+/m1/s1. The minimum absolute atomic E-state index is 0.0112. The van der Waals surface area contributed by atoms with Gasteiger partial charge in [0.2, 0.25) is 41.4 Å². The van der Waals surface area contributed by atoms with Crippen LogP contribution in [-0.4, -0.2) is 127 Å². The highest BCUT2D eigenvalue weighted by atomic mass is 16.4. The van der Waals surface area contributed by atoms with Crippen LogP contribution in [0.1, 0.15) is 137 Å². The number of carboxylic acids is 1. The van der Waals surface area contributed by atoms with Crippen LogP contribution in [0.4, 0.5) is 0 Å². The average molecular weight is 1070 g/mol. The zero-order chi connectivity index (χ0) is 55.7. The molecule has 0 spiro atoms. The molecule has 4 aromatic carbocycles. The Kier molecular flexibility index (Phi) is 16.9. The Bertz CT molecular complexity index is 3240. The molecule has 1 aromatic heterocycles. The summed E-state index contributed by atoms with van der Waals surface area (Å²) in [5, 5.41) is 21.0. The van der Waals surface area contributed by atoms with Crippen LogP contribution in [0.3, 0.4) is 0 Å². The highest BCUT2D eigenvalue weighted by molar-refractivity contribution is 6.06. The number of carboxylic acid groups (broad SMARTS) is 1. The Hall–Kier alpha value is -9.12. The summed E-state index contributed by atoms with van der Waals surface area (Å²) in [4.78, 5) is 141. The van der Waals surface area contributed by atoms with Crippen molar-refractivity contribution in [1.29, 1.82) is 0 Å². The lowest BCUT2D eigenvalue weighted by atomic mass is 9.98. The van der Waals surface area contributed by atoms with Crippen LogP contribution in [0.2, 0.25) is 0 Å². The van der Waals surface area contributed by atoms with Crippen LogP contribution in [0, 0.1) is 11.8 Å². The number of amides is 9. The molecule has 3 fully saturated rings. The van der Waals surface area contributed by atoms with E-state index in [-0.39, 0.29) is 87.1 Å². The number of unbranched alkanes of at least 4 members (excludes halogenated alkanes) is 3. The van der Waals surface area contributed by atoms with Gasteiger partial charge in [-0.25, -0.2) is 4.79 Å². The van der Waals surface area contributed by atoms with Gasteiger partial charge in [-0.1, -0.05) is 85.0 Å². The number of rotatable bonds is 18. The minimum atomic E-state index is -1.33. The molecule has 0 bridgehead atoms. The van der Waals surface area contributed by atoms with Crippen LogP contribution in [0.25, 0.3) is 10.9 Å². The summed E-state index contributed by atoms with van der Waals surface area (Å²) in [5.74, 6) is 0.653. The predicted octanol–water partition coefficient (Wildman–Crippen LogP) is 3.98. The highest BCUT2D eigenvalue weighted by Crippen LogP contribution is 2.32. The number of imide groups is 1. The Morgan fingerprint density at radius 2 is 1.54 bits per heavy atom. The largest absolute Gasteiger partial charge is 0.478 e. The van der Waals surface area contributed by atoms with Gasteiger partial charge in [0.25, 0.3) is 11.8 Å². The summed E-state index contributed by atoms with van der Waals surface area (Å²) in [6, 6.07) is 24.1. The summed E-state index contributed by atoms with van der Waals surface area (Å²) >= 11 is 0. The molecule has 20 nitrogen and oxygen atoms in total. The molecule has 2 unspecified atom stereocenters. The third kappa shape index (κ3) is 12.7. The molecule has 3 saturated heterocycles. The fourth-order valence-electron chi connectivity index (χ4n) is 11.0. The maximum Gasteiger partial charge on any atom is 0.335 e. The molecule has 79 heavy (non-hydrogen) atoms. The molecule has 0 aliphatic carbocycles. The highest BCUT2D eigenvalue weighted by Gasteiger charge is 2.46. The maximum atomic E-state index is 15.0. The first-order valence-electron chi connectivity index (χ1n) is 26.6. The number of hydrogen-bond acceptors (Lipinski definition) is 10. The summed E-state index contributed by atoms with van der Waals surface area (Å²) in [6.07, 6.45) is 3.45. The van der Waals surface area contributed by atoms with Gasteiger partial charge in [-0.2, -0.15) is 0 Å². The summed E-state index contributed by atoms with van der Waals surface area (Å²) < 4.78 is 0. The number of benzene rings is 4. The van der Waals surface area contributed by atoms with Crippen molar-refractivity contribution in [2.24, 2.45) is 5.73 Å². The lowest BCUT2D eigenvalue weighted by Crippen LogP contribution is -2.62. The fraction of sp³-hybridized carbons (Fsp3) is 0.356. The Balaban J connectivity index is 0.869. The van der Waals surface area contributed by atoms with E-state index in [9.17, 15) is 53.1 Å². The van der Waals surface area contributed by atoms with E-state index in [1.807, 2.05) is 66.7 Å². The number of piperidine rings is 1. The zero-order valence-corrected chi connectivity index (χ0v) is 43.3. The molecule has 8 N–H and O–H groups in total. The number of primary amides is 1. The number of aromatic nitrogens is 1. The summed E-state index contributed by atoms with van der Waals surface area (Å²) in [6.45, 7) is 0.197. The third-order valence-electron chi connectivity index (χ3n) is 15.1. The van der Waals surface area contributed by atoms with E-state index in [0.29, 0.717) is 60.6 Å². The van der Waals surface area contributed by atoms with Gasteiger partial charge in [0.1, 0.15) is 29.9 Å². The van der Waals surface area contributed by atoms with E-state index in [4.69, 9.17) is 5.73 Å². The van der Waals surface area contributed by atoms with E-state index in [2.05, 4.69) is 38.1 Å². The van der Waals surface area contributed by atoms with Crippen molar-refractivity contribution in [2.45, 2.75) is 120 Å². The van der Waals surface area contributed by atoms with E-state index < -0.39 is 77.7 Å². The first-order chi connectivity index (χ1) is 38.1. The maximum absolute atomic E-state index is 15.0. The van der Waals surface area contributed by atoms with Gasteiger partial charge in [0.05, 0.1) is 11.6 Å². The number of fused-ring (bicyclic) bond motifs is 3. The smallest absolute Gasteiger partial charge is 0.335 e. The van der Waals surface area contributed by atoms with Crippen molar-refractivity contribution >= 4 is 70.0 Å². The van der Waals surface area contributed by atoms with Gasteiger partial charge < -0.3 is 46.5 Å². The Morgan fingerprint density at radius 1 is 0.797 bits per heavy atom. The molecule has 5 aromatic rings. The molecule has 4 aliphatic rings. The van der Waals surface area contributed by atoms with Crippen molar-refractivity contribution in [3.63, 3.8) is 0 Å². The minimum Gasteiger partial charge on any atom is -0.478 e. The topological polar surface area (TPSA) is 291 Å². The second kappa shape index (κ2) is 24.5. The molecule has 4 aliphatic heterocycles. The number of H-pyrrole nitrogens is 1. The number of carbonyl (C=O) groups is 10. The van der Waals surface area contributed by atoms with Gasteiger partial charge in [0.15, 0.2) is 0 Å². The van der Waals surface area contributed by atoms with E-state index in [1.54, 1.807) is 17.0 Å². The zero-order valence-electron chi connectivity index (χ0n) is 43.3. The second-order valence-electron chi connectivity index (χ2n) is 20.4. The van der Waals surface area contributed by atoms with Gasteiger partial charge in [-0.3, -0.25) is 48.5 Å². The molecule has 0 saturated carbocycles. The molecule has 20 heteroatoms.